The molecule has 0 spiro atoms. The minimum Gasteiger partial charge on any atom is -0.383 e. The zero-order chi connectivity index (χ0) is 18.1. The van der Waals surface area contributed by atoms with E-state index in [4.69, 9.17) is 4.74 Å². The molecule has 8 heteroatoms. The molecule has 0 unspecified atom stereocenters. The van der Waals surface area contributed by atoms with E-state index in [0.717, 1.165) is 30.0 Å². The number of anilines is 2. The quantitative estimate of drug-likeness (QED) is 0.518. The van der Waals surface area contributed by atoms with Crippen LogP contribution in [0.25, 0.3) is 11.7 Å². The molecular weight excluding hydrogens is 332 g/mol. The third-order valence-electron chi connectivity index (χ3n) is 4.36. The van der Waals surface area contributed by atoms with E-state index in [1.54, 1.807) is 17.8 Å². The Labute approximate surface area is 151 Å². The van der Waals surface area contributed by atoms with Crippen molar-refractivity contribution < 1.29 is 9.53 Å². The van der Waals surface area contributed by atoms with Crippen LogP contribution in [0.2, 0.25) is 0 Å². The number of nitrogens with one attached hydrogen (secondary N) is 3. The predicted octanol–water partition coefficient (Wildman–Crippen LogP) is 1.78. The second-order valence-electron chi connectivity index (χ2n) is 6.60. The fourth-order valence-corrected chi connectivity index (χ4v) is 2.89. The van der Waals surface area contributed by atoms with Crippen molar-refractivity contribution in [2.45, 2.75) is 25.3 Å². The normalized spacial score (nSPS) is 18.6. The molecule has 26 heavy (non-hydrogen) atoms. The number of aromatic nitrogens is 3. The summed E-state index contributed by atoms with van der Waals surface area (Å²) in [6.07, 6.45) is 6.42. The summed E-state index contributed by atoms with van der Waals surface area (Å²) in [5, 5.41) is 13.9. The van der Waals surface area contributed by atoms with E-state index >= 15 is 0 Å². The van der Waals surface area contributed by atoms with E-state index in [1.165, 1.54) is 0 Å². The monoisotopic (exact) mass is 354 g/mol. The molecule has 3 heterocycles. The number of hydrogen-bond acceptors (Lipinski definition) is 6. The number of methoxy groups -OCH3 is 1. The van der Waals surface area contributed by atoms with Crippen molar-refractivity contribution >= 4 is 29.3 Å². The molecule has 1 amide bonds. The molecule has 4 rings (SSSR count). The highest BCUT2D eigenvalue weighted by Gasteiger charge is 2.24. The molecule has 1 aliphatic carbocycles. The van der Waals surface area contributed by atoms with E-state index in [2.05, 4.69) is 32.6 Å². The van der Waals surface area contributed by atoms with Crippen molar-refractivity contribution in [2.75, 3.05) is 30.9 Å². The minimum absolute atomic E-state index is 0.111. The average molecular weight is 354 g/mol. The molecule has 2 fully saturated rings. The third kappa shape index (κ3) is 3.41. The molecule has 0 radical (unpaired) electrons. The summed E-state index contributed by atoms with van der Waals surface area (Å²) in [6.45, 7) is 5.07. The van der Waals surface area contributed by atoms with Crippen LogP contribution in [-0.4, -0.2) is 46.8 Å². The highest BCUT2D eigenvalue weighted by Crippen LogP contribution is 2.28. The Bertz CT molecular complexity index is 896. The second kappa shape index (κ2) is 6.80. The predicted molar refractivity (Wildman–Crippen MR) is 99.9 cm³/mol. The van der Waals surface area contributed by atoms with E-state index in [0.29, 0.717) is 42.5 Å². The number of amides is 1. The van der Waals surface area contributed by atoms with Crippen LogP contribution in [-0.2, 0) is 9.53 Å². The smallest absolute Gasteiger partial charge is 0.251 e. The van der Waals surface area contributed by atoms with Crippen LogP contribution >= 0.6 is 0 Å². The Morgan fingerprint density at radius 1 is 1.50 bits per heavy atom. The molecular formula is C18H22N6O2. The van der Waals surface area contributed by atoms with Crippen molar-refractivity contribution in [2.24, 2.45) is 0 Å². The van der Waals surface area contributed by atoms with Crippen LogP contribution < -0.4 is 16.0 Å². The van der Waals surface area contributed by atoms with Gasteiger partial charge >= 0.3 is 0 Å². The summed E-state index contributed by atoms with van der Waals surface area (Å²) in [4.78, 5) is 16.7. The van der Waals surface area contributed by atoms with Gasteiger partial charge in [-0.15, -0.1) is 0 Å². The first-order valence-corrected chi connectivity index (χ1v) is 8.72. The Morgan fingerprint density at radius 3 is 3.04 bits per heavy atom. The highest BCUT2D eigenvalue weighted by molar-refractivity contribution is 6.02. The van der Waals surface area contributed by atoms with E-state index in [-0.39, 0.29) is 5.91 Å². The van der Waals surface area contributed by atoms with E-state index in [1.807, 2.05) is 12.1 Å². The van der Waals surface area contributed by atoms with Crippen LogP contribution in [0.15, 0.2) is 30.1 Å². The average Bonchev–Trinajstić information content (AvgIpc) is 3.24. The number of carbonyl (C=O) groups excluding carboxylic acids is 1. The van der Waals surface area contributed by atoms with Crippen molar-refractivity contribution in [1.82, 2.24) is 19.9 Å². The molecule has 0 bridgehead atoms. The first kappa shape index (κ1) is 16.6. The minimum atomic E-state index is -0.111. The Morgan fingerprint density at radius 2 is 2.35 bits per heavy atom. The van der Waals surface area contributed by atoms with Crippen LogP contribution in [0.1, 0.15) is 24.8 Å². The molecule has 1 saturated heterocycles. The Hall–Kier alpha value is -2.87. The molecule has 3 N–H and O–H groups in total. The van der Waals surface area contributed by atoms with Gasteiger partial charge in [0.1, 0.15) is 11.6 Å². The molecule has 136 valence electrons. The van der Waals surface area contributed by atoms with Crippen molar-refractivity contribution in [3.05, 3.63) is 35.7 Å². The van der Waals surface area contributed by atoms with Gasteiger partial charge in [0.15, 0.2) is 5.65 Å². The number of ether oxygens (including phenoxy) is 1. The number of allylic oxidation sites excluding steroid dienone is 1. The van der Waals surface area contributed by atoms with Gasteiger partial charge in [-0.05, 0) is 18.9 Å². The molecule has 0 atom stereocenters. The van der Waals surface area contributed by atoms with E-state index in [9.17, 15) is 4.79 Å². The topological polar surface area (TPSA) is 92.6 Å². The van der Waals surface area contributed by atoms with Gasteiger partial charge in [0.2, 0.25) is 0 Å². The molecule has 0 aromatic carbocycles. The summed E-state index contributed by atoms with van der Waals surface area (Å²) in [6, 6.07) is 2.44. The Kier molecular flexibility index (Phi) is 4.34. The summed E-state index contributed by atoms with van der Waals surface area (Å²) in [5.74, 6) is 1.53. The third-order valence-corrected chi connectivity index (χ3v) is 4.36. The number of nitrogens with zero attached hydrogens (tertiary/aromatic N) is 3. The van der Waals surface area contributed by atoms with Gasteiger partial charge in [-0.1, -0.05) is 6.58 Å². The first-order chi connectivity index (χ1) is 12.6. The number of fused-ring (bicyclic) bond motifs is 1. The molecule has 2 aromatic rings. The van der Waals surface area contributed by atoms with Crippen molar-refractivity contribution in [3.63, 3.8) is 0 Å². The van der Waals surface area contributed by atoms with Gasteiger partial charge in [-0.3, -0.25) is 4.79 Å². The molecule has 2 aromatic heterocycles. The molecule has 8 nitrogen and oxygen atoms in total. The van der Waals surface area contributed by atoms with Gasteiger partial charge in [0, 0.05) is 49.0 Å². The van der Waals surface area contributed by atoms with Gasteiger partial charge in [-0.2, -0.15) is 9.61 Å². The van der Waals surface area contributed by atoms with Crippen LogP contribution in [0.3, 0.4) is 0 Å². The fraction of sp³-hybridized carbons (Fsp3) is 0.389. The zero-order valence-corrected chi connectivity index (χ0v) is 14.7. The Balaban J connectivity index is 1.71. The van der Waals surface area contributed by atoms with Crippen LogP contribution in [0.4, 0.5) is 11.6 Å². The number of hydrogen-bond donors (Lipinski definition) is 3. The largest absolute Gasteiger partial charge is 0.383 e. The number of carbonyl (C=O) groups is 1. The number of rotatable bonds is 7. The highest BCUT2D eigenvalue weighted by atomic mass is 16.5. The van der Waals surface area contributed by atoms with Gasteiger partial charge in [0.25, 0.3) is 5.91 Å². The van der Waals surface area contributed by atoms with Crippen LogP contribution in [0.5, 0.6) is 0 Å². The summed E-state index contributed by atoms with van der Waals surface area (Å²) in [5.41, 5.74) is 2.89. The maximum atomic E-state index is 12.0. The van der Waals surface area contributed by atoms with Crippen LogP contribution in [0, 0.1) is 0 Å². The fourth-order valence-electron chi connectivity index (χ4n) is 2.89. The van der Waals surface area contributed by atoms with Gasteiger partial charge in [-0.25, -0.2) is 4.98 Å². The summed E-state index contributed by atoms with van der Waals surface area (Å²) < 4.78 is 6.88. The van der Waals surface area contributed by atoms with Crippen molar-refractivity contribution in [3.8, 4) is 0 Å². The standard InChI is InChI=1S/C18H22N6O2/c1-11-7-12(18(25)21-11)8-13-10-20-24-16(22-14-3-4-14)9-15(23-17(13)24)19-5-6-26-2/h8-10,14,22H,1,3-7H2,2H3,(H,19,23)(H,21,25)/b12-8+. The maximum absolute atomic E-state index is 12.0. The lowest BCUT2D eigenvalue weighted by atomic mass is 10.1. The molecule has 2 aliphatic rings. The first-order valence-electron chi connectivity index (χ1n) is 8.72. The lowest BCUT2D eigenvalue weighted by molar-refractivity contribution is -0.115. The van der Waals surface area contributed by atoms with Crippen molar-refractivity contribution in [1.29, 1.82) is 0 Å². The maximum Gasteiger partial charge on any atom is 0.251 e. The summed E-state index contributed by atoms with van der Waals surface area (Å²) >= 11 is 0. The molecule has 1 aliphatic heterocycles. The zero-order valence-electron chi connectivity index (χ0n) is 14.7. The lowest BCUT2D eigenvalue weighted by Crippen LogP contribution is -2.13. The van der Waals surface area contributed by atoms with Gasteiger partial charge < -0.3 is 20.7 Å². The van der Waals surface area contributed by atoms with Gasteiger partial charge in [0.05, 0.1) is 12.8 Å². The SMILES string of the molecule is C=C1C/C(=C\c2cnn3c(NC4CC4)cc(NCCOC)nc23)C(=O)N1. The lowest BCUT2D eigenvalue weighted by Gasteiger charge is -2.11. The molecule has 1 saturated carbocycles. The second-order valence-corrected chi connectivity index (χ2v) is 6.60. The summed E-state index contributed by atoms with van der Waals surface area (Å²) in [7, 11) is 1.67. The van der Waals surface area contributed by atoms with E-state index < -0.39 is 0 Å².